The molecule has 1 aliphatic carbocycles. The van der Waals surface area contributed by atoms with E-state index < -0.39 is 17.7 Å². The molecule has 1 fully saturated rings. The molecule has 1 amide bonds. The summed E-state index contributed by atoms with van der Waals surface area (Å²) in [6.45, 7) is 1.81. The fourth-order valence-corrected chi connectivity index (χ4v) is 2.85. The van der Waals surface area contributed by atoms with Crippen molar-refractivity contribution in [1.82, 2.24) is 5.32 Å². The molecule has 0 aromatic heterocycles. The molecule has 2 rings (SSSR count). The third-order valence-corrected chi connectivity index (χ3v) is 4.37. The summed E-state index contributed by atoms with van der Waals surface area (Å²) in [4.78, 5) is 23.5. The quantitative estimate of drug-likeness (QED) is 0.821. The van der Waals surface area contributed by atoms with Crippen LogP contribution >= 0.6 is 0 Å². The van der Waals surface area contributed by atoms with E-state index in [1.54, 1.807) is 0 Å². The minimum Gasteiger partial charge on any atom is -0.455 e. The molecule has 7 heteroatoms. The van der Waals surface area contributed by atoms with Gasteiger partial charge < -0.3 is 10.1 Å². The predicted octanol–water partition coefficient (Wildman–Crippen LogP) is 3.49. The van der Waals surface area contributed by atoms with E-state index in [2.05, 4.69) is 12.2 Å². The van der Waals surface area contributed by atoms with Gasteiger partial charge in [-0.25, -0.2) is 0 Å². The summed E-state index contributed by atoms with van der Waals surface area (Å²) in [5, 5.41) is 2.84. The van der Waals surface area contributed by atoms with Gasteiger partial charge in [-0.2, -0.15) is 13.2 Å². The molecule has 0 spiro atoms. The number of amides is 1. The number of hydrogen-bond acceptors (Lipinski definition) is 3. The van der Waals surface area contributed by atoms with E-state index in [1.807, 2.05) is 0 Å². The van der Waals surface area contributed by atoms with Crippen LogP contribution in [-0.2, 0) is 26.9 Å². The fourth-order valence-electron chi connectivity index (χ4n) is 2.85. The van der Waals surface area contributed by atoms with Gasteiger partial charge in [0.05, 0.1) is 12.0 Å². The van der Waals surface area contributed by atoms with Gasteiger partial charge in [0.1, 0.15) is 0 Å². The summed E-state index contributed by atoms with van der Waals surface area (Å²) in [6, 6.07) is 4.41. The minimum atomic E-state index is -4.41. The monoisotopic (exact) mass is 357 g/mol. The summed E-state index contributed by atoms with van der Waals surface area (Å²) in [5.74, 6) is -0.317. The Morgan fingerprint density at radius 3 is 2.28 bits per heavy atom. The van der Waals surface area contributed by atoms with Crippen molar-refractivity contribution in [3.8, 4) is 0 Å². The zero-order chi connectivity index (χ0) is 18.4. The third kappa shape index (κ3) is 6.40. The number of esters is 1. The van der Waals surface area contributed by atoms with E-state index in [0.29, 0.717) is 11.5 Å². The molecule has 0 heterocycles. The summed E-state index contributed by atoms with van der Waals surface area (Å²) in [5.41, 5.74) is -0.370. The molecule has 1 aromatic carbocycles. The average Bonchev–Trinajstić information content (AvgIpc) is 2.55. The number of carbonyl (C=O) groups excluding carboxylic acids is 2. The van der Waals surface area contributed by atoms with Crippen molar-refractivity contribution >= 4 is 11.9 Å². The lowest BCUT2D eigenvalue weighted by atomic mass is 9.87. The summed E-state index contributed by atoms with van der Waals surface area (Å²) < 4.78 is 42.3. The predicted molar refractivity (Wildman–Crippen MR) is 85.7 cm³/mol. The molecule has 0 atom stereocenters. The van der Waals surface area contributed by atoms with E-state index in [-0.39, 0.29) is 25.0 Å². The largest absolute Gasteiger partial charge is 0.455 e. The molecule has 25 heavy (non-hydrogen) atoms. The van der Waals surface area contributed by atoms with Gasteiger partial charge in [0.25, 0.3) is 5.91 Å². The number of benzene rings is 1. The second-order valence-corrected chi connectivity index (χ2v) is 6.56. The van der Waals surface area contributed by atoms with E-state index >= 15 is 0 Å². The molecular weight excluding hydrogens is 335 g/mol. The van der Waals surface area contributed by atoms with Gasteiger partial charge in [0.2, 0.25) is 0 Å². The van der Waals surface area contributed by atoms with Crippen LogP contribution in [0.3, 0.4) is 0 Å². The lowest BCUT2D eigenvalue weighted by Gasteiger charge is -2.26. The summed E-state index contributed by atoms with van der Waals surface area (Å²) in [7, 11) is 0. The van der Waals surface area contributed by atoms with E-state index in [4.69, 9.17) is 4.74 Å². The first-order chi connectivity index (χ1) is 11.7. The Morgan fingerprint density at radius 1 is 1.12 bits per heavy atom. The molecule has 1 aromatic rings. The maximum atomic E-state index is 12.5. The standard InChI is InChI=1S/C18H22F3NO3/c1-12-2-8-15(9-3-12)22-16(23)11-25-17(24)10-13-4-6-14(7-5-13)18(19,20)21/h4-7,12,15H,2-3,8-11H2,1H3,(H,22,23). The number of carbonyl (C=O) groups is 2. The van der Waals surface area contributed by atoms with Crippen LogP contribution in [0.4, 0.5) is 13.2 Å². The molecule has 0 radical (unpaired) electrons. The smallest absolute Gasteiger partial charge is 0.416 e. The first kappa shape index (κ1) is 19.3. The zero-order valence-corrected chi connectivity index (χ0v) is 14.1. The van der Waals surface area contributed by atoms with Gasteiger partial charge in [-0.15, -0.1) is 0 Å². The van der Waals surface area contributed by atoms with Crippen molar-refractivity contribution in [3.63, 3.8) is 0 Å². The second-order valence-electron chi connectivity index (χ2n) is 6.56. The summed E-state index contributed by atoms with van der Waals surface area (Å²) >= 11 is 0. The maximum absolute atomic E-state index is 12.5. The van der Waals surface area contributed by atoms with E-state index in [0.717, 1.165) is 37.8 Å². The third-order valence-electron chi connectivity index (χ3n) is 4.37. The van der Waals surface area contributed by atoms with Crippen LogP contribution in [-0.4, -0.2) is 24.5 Å². The van der Waals surface area contributed by atoms with E-state index in [1.165, 1.54) is 12.1 Å². The Labute approximate surface area is 144 Å². The highest BCUT2D eigenvalue weighted by atomic mass is 19.4. The van der Waals surface area contributed by atoms with Crippen LogP contribution in [0.5, 0.6) is 0 Å². The van der Waals surface area contributed by atoms with Crippen molar-refractivity contribution in [2.75, 3.05) is 6.61 Å². The molecule has 4 nitrogen and oxygen atoms in total. The molecule has 0 aliphatic heterocycles. The Hall–Kier alpha value is -2.05. The van der Waals surface area contributed by atoms with Crippen LogP contribution in [0.2, 0.25) is 0 Å². The average molecular weight is 357 g/mol. The molecule has 1 saturated carbocycles. The number of alkyl halides is 3. The van der Waals surface area contributed by atoms with Crippen LogP contribution < -0.4 is 5.32 Å². The van der Waals surface area contributed by atoms with E-state index in [9.17, 15) is 22.8 Å². The van der Waals surface area contributed by atoms with Crippen molar-refractivity contribution in [1.29, 1.82) is 0 Å². The molecule has 1 N–H and O–H groups in total. The number of nitrogens with one attached hydrogen (secondary N) is 1. The number of rotatable bonds is 5. The van der Waals surface area contributed by atoms with Crippen molar-refractivity contribution in [2.24, 2.45) is 5.92 Å². The van der Waals surface area contributed by atoms with Gasteiger partial charge >= 0.3 is 12.1 Å². The fraction of sp³-hybridized carbons (Fsp3) is 0.556. The van der Waals surface area contributed by atoms with Crippen LogP contribution in [0, 0.1) is 5.92 Å². The van der Waals surface area contributed by atoms with Crippen molar-refractivity contribution in [2.45, 2.75) is 51.2 Å². The van der Waals surface area contributed by atoms with Crippen molar-refractivity contribution in [3.05, 3.63) is 35.4 Å². The topological polar surface area (TPSA) is 55.4 Å². The second kappa shape index (κ2) is 8.36. The Kier molecular flexibility index (Phi) is 6.45. The number of ether oxygens (including phenoxy) is 1. The molecule has 1 aliphatic rings. The molecular formula is C18H22F3NO3. The number of hydrogen-bond donors (Lipinski definition) is 1. The molecule has 138 valence electrons. The van der Waals surface area contributed by atoms with Crippen LogP contribution in [0.1, 0.15) is 43.7 Å². The lowest BCUT2D eigenvalue weighted by molar-refractivity contribution is -0.148. The maximum Gasteiger partial charge on any atom is 0.416 e. The van der Waals surface area contributed by atoms with Gasteiger partial charge in [0, 0.05) is 6.04 Å². The zero-order valence-electron chi connectivity index (χ0n) is 14.1. The highest BCUT2D eigenvalue weighted by Gasteiger charge is 2.30. The highest BCUT2D eigenvalue weighted by Crippen LogP contribution is 2.29. The number of halogens is 3. The van der Waals surface area contributed by atoms with Gasteiger partial charge in [-0.1, -0.05) is 19.1 Å². The normalized spacial score (nSPS) is 20.8. The van der Waals surface area contributed by atoms with Crippen LogP contribution in [0.25, 0.3) is 0 Å². The molecule has 0 unspecified atom stereocenters. The first-order valence-electron chi connectivity index (χ1n) is 8.35. The lowest BCUT2D eigenvalue weighted by Crippen LogP contribution is -2.39. The Balaban J connectivity index is 1.72. The Bertz CT molecular complexity index is 591. The van der Waals surface area contributed by atoms with Crippen LogP contribution in [0.15, 0.2) is 24.3 Å². The summed E-state index contributed by atoms with van der Waals surface area (Å²) in [6.07, 6.45) is -0.601. The minimum absolute atomic E-state index is 0.123. The highest BCUT2D eigenvalue weighted by molar-refractivity contribution is 5.81. The molecule has 0 bridgehead atoms. The van der Waals surface area contributed by atoms with Gasteiger partial charge in [0.15, 0.2) is 6.61 Å². The van der Waals surface area contributed by atoms with Gasteiger partial charge in [-0.05, 0) is 49.3 Å². The Morgan fingerprint density at radius 2 is 1.72 bits per heavy atom. The van der Waals surface area contributed by atoms with Crippen molar-refractivity contribution < 1.29 is 27.5 Å². The SMILES string of the molecule is CC1CCC(NC(=O)COC(=O)Cc2ccc(C(F)(F)F)cc2)CC1. The molecule has 0 saturated heterocycles. The first-order valence-corrected chi connectivity index (χ1v) is 8.35. The van der Waals surface area contributed by atoms with Gasteiger partial charge in [-0.3, -0.25) is 9.59 Å².